The first-order chi connectivity index (χ1) is 10.3. The SMILES string of the molecule is CN(C)c1nn(-c2cc(F)c(C#N)cc2F)c(=O)n1C(F)F. The van der Waals surface area contributed by atoms with Crippen molar-refractivity contribution in [2.24, 2.45) is 0 Å². The lowest BCUT2D eigenvalue weighted by atomic mass is 10.2. The molecule has 0 spiro atoms. The second-order valence-electron chi connectivity index (χ2n) is 4.43. The van der Waals surface area contributed by atoms with E-state index in [1.807, 2.05) is 0 Å². The second kappa shape index (κ2) is 5.51. The molecular formula is C12H9F4N5O. The minimum absolute atomic E-state index is 0.0373. The van der Waals surface area contributed by atoms with Gasteiger partial charge >= 0.3 is 12.2 Å². The molecular weight excluding hydrogens is 306 g/mol. The summed E-state index contributed by atoms with van der Waals surface area (Å²) in [5, 5.41) is 12.2. The number of halogens is 4. The summed E-state index contributed by atoms with van der Waals surface area (Å²) in [7, 11) is 2.72. The van der Waals surface area contributed by atoms with E-state index in [1.54, 1.807) is 0 Å². The lowest BCUT2D eigenvalue weighted by Crippen LogP contribution is -2.26. The Labute approximate surface area is 121 Å². The number of aromatic nitrogens is 3. The molecule has 0 N–H and O–H groups in total. The van der Waals surface area contributed by atoms with Crippen LogP contribution in [0.25, 0.3) is 5.69 Å². The molecule has 0 bridgehead atoms. The summed E-state index contributed by atoms with van der Waals surface area (Å²) in [6.07, 6.45) is 0. The van der Waals surface area contributed by atoms with Crippen molar-refractivity contribution in [2.75, 3.05) is 19.0 Å². The smallest absolute Gasteiger partial charge is 0.347 e. The van der Waals surface area contributed by atoms with E-state index >= 15 is 0 Å². The van der Waals surface area contributed by atoms with E-state index in [4.69, 9.17) is 5.26 Å². The Morgan fingerprint density at radius 1 is 1.27 bits per heavy atom. The third-order valence-electron chi connectivity index (χ3n) is 2.77. The van der Waals surface area contributed by atoms with Crippen LogP contribution in [0.15, 0.2) is 16.9 Å². The maximum absolute atomic E-state index is 13.9. The topological polar surface area (TPSA) is 66.8 Å². The van der Waals surface area contributed by atoms with Gasteiger partial charge in [0.15, 0.2) is 5.82 Å². The average Bonchev–Trinajstić information content (AvgIpc) is 2.78. The van der Waals surface area contributed by atoms with Crippen molar-refractivity contribution in [3.05, 3.63) is 39.8 Å². The highest BCUT2D eigenvalue weighted by Gasteiger charge is 2.24. The molecule has 1 aromatic heterocycles. The number of alkyl halides is 2. The van der Waals surface area contributed by atoms with Gasteiger partial charge in [-0.25, -0.2) is 18.1 Å². The van der Waals surface area contributed by atoms with E-state index in [2.05, 4.69) is 5.10 Å². The fraction of sp³-hybridized carbons (Fsp3) is 0.250. The van der Waals surface area contributed by atoms with Crippen LogP contribution in [-0.2, 0) is 0 Å². The maximum Gasteiger partial charge on any atom is 0.356 e. The second-order valence-corrected chi connectivity index (χ2v) is 4.43. The number of hydrogen-bond acceptors (Lipinski definition) is 4. The number of anilines is 1. The number of nitrogens with zero attached hydrogens (tertiary/aromatic N) is 5. The van der Waals surface area contributed by atoms with E-state index in [1.165, 1.54) is 20.2 Å². The molecule has 2 aromatic rings. The van der Waals surface area contributed by atoms with Gasteiger partial charge in [0.05, 0.1) is 5.56 Å². The normalized spacial score (nSPS) is 10.8. The Morgan fingerprint density at radius 3 is 2.36 bits per heavy atom. The van der Waals surface area contributed by atoms with Crippen LogP contribution in [0.3, 0.4) is 0 Å². The fourth-order valence-corrected chi connectivity index (χ4v) is 1.78. The van der Waals surface area contributed by atoms with Gasteiger partial charge in [-0.2, -0.15) is 18.7 Å². The summed E-state index contributed by atoms with van der Waals surface area (Å²) in [6.45, 7) is -3.20. The van der Waals surface area contributed by atoms with E-state index < -0.39 is 41.1 Å². The van der Waals surface area contributed by atoms with Crippen LogP contribution in [0.4, 0.5) is 23.5 Å². The van der Waals surface area contributed by atoms with Crippen molar-refractivity contribution in [3.63, 3.8) is 0 Å². The van der Waals surface area contributed by atoms with Gasteiger partial charge in [-0.1, -0.05) is 0 Å². The van der Waals surface area contributed by atoms with Crippen LogP contribution < -0.4 is 10.6 Å². The summed E-state index contributed by atoms with van der Waals surface area (Å²) in [6, 6.07) is 2.54. The molecule has 0 fully saturated rings. The third kappa shape index (κ3) is 2.41. The summed E-state index contributed by atoms with van der Waals surface area (Å²) < 4.78 is 53.7. The Morgan fingerprint density at radius 2 is 1.91 bits per heavy atom. The van der Waals surface area contributed by atoms with Gasteiger partial charge in [-0.3, -0.25) is 0 Å². The molecule has 22 heavy (non-hydrogen) atoms. The molecule has 0 aliphatic carbocycles. The molecule has 0 aliphatic heterocycles. The Kier molecular flexibility index (Phi) is 3.90. The van der Waals surface area contributed by atoms with Gasteiger partial charge in [-0.15, -0.1) is 5.10 Å². The average molecular weight is 315 g/mol. The minimum Gasteiger partial charge on any atom is -0.347 e. The Hall–Kier alpha value is -2.83. The zero-order valence-corrected chi connectivity index (χ0v) is 11.4. The first-order valence-corrected chi connectivity index (χ1v) is 5.84. The van der Waals surface area contributed by atoms with E-state index in [0.29, 0.717) is 16.8 Å². The molecule has 116 valence electrons. The number of rotatable bonds is 3. The van der Waals surface area contributed by atoms with Crippen molar-refractivity contribution >= 4 is 5.95 Å². The zero-order valence-electron chi connectivity index (χ0n) is 11.4. The van der Waals surface area contributed by atoms with Gasteiger partial charge in [-0.05, 0) is 6.07 Å². The molecule has 0 amide bonds. The van der Waals surface area contributed by atoms with Crippen LogP contribution in [0.2, 0.25) is 0 Å². The molecule has 0 saturated heterocycles. The predicted octanol–water partition coefficient (Wildman–Crippen LogP) is 1.64. The lowest BCUT2D eigenvalue weighted by molar-refractivity contribution is 0.0676. The van der Waals surface area contributed by atoms with Crippen molar-refractivity contribution in [2.45, 2.75) is 6.55 Å². The first-order valence-electron chi connectivity index (χ1n) is 5.84. The molecule has 0 aliphatic rings. The minimum atomic E-state index is -3.20. The van der Waals surface area contributed by atoms with Crippen molar-refractivity contribution in [1.82, 2.24) is 14.3 Å². The lowest BCUT2D eigenvalue weighted by Gasteiger charge is -2.10. The highest BCUT2D eigenvalue weighted by atomic mass is 19.3. The molecule has 6 nitrogen and oxygen atoms in total. The monoisotopic (exact) mass is 315 g/mol. The molecule has 10 heteroatoms. The fourth-order valence-electron chi connectivity index (χ4n) is 1.78. The predicted molar refractivity (Wildman–Crippen MR) is 68.0 cm³/mol. The standard InChI is InChI=1S/C12H9F4N5O/c1-19(2)11-18-21(12(22)20(11)10(15)16)9-4-7(13)6(5-17)3-8(9)14/h3-4,10H,1-2H3. The molecule has 2 rings (SSSR count). The van der Waals surface area contributed by atoms with Crippen molar-refractivity contribution in [1.29, 1.82) is 5.26 Å². The molecule has 0 saturated carbocycles. The molecule has 1 aromatic carbocycles. The van der Waals surface area contributed by atoms with Gasteiger partial charge in [0, 0.05) is 20.2 Å². The third-order valence-corrected chi connectivity index (χ3v) is 2.77. The molecule has 1 heterocycles. The maximum atomic E-state index is 13.9. The number of benzene rings is 1. The van der Waals surface area contributed by atoms with Crippen LogP contribution in [-0.4, -0.2) is 28.4 Å². The van der Waals surface area contributed by atoms with Crippen LogP contribution in [0, 0.1) is 23.0 Å². The largest absolute Gasteiger partial charge is 0.356 e. The first kappa shape index (κ1) is 15.6. The van der Waals surface area contributed by atoms with Crippen molar-refractivity contribution in [3.8, 4) is 11.8 Å². The Balaban J connectivity index is 2.75. The van der Waals surface area contributed by atoms with Gasteiger partial charge in [0.2, 0.25) is 5.95 Å². The summed E-state index contributed by atoms with van der Waals surface area (Å²) >= 11 is 0. The van der Waals surface area contributed by atoms with Crippen LogP contribution >= 0.6 is 0 Å². The van der Waals surface area contributed by atoms with Crippen molar-refractivity contribution < 1.29 is 17.6 Å². The highest BCUT2D eigenvalue weighted by Crippen LogP contribution is 2.20. The van der Waals surface area contributed by atoms with Gasteiger partial charge < -0.3 is 4.90 Å². The van der Waals surface area contributed by atoms with E-state index in [9.17, 15) is 22.4 Å². The Bertz CT molecular complexity index is 818. The number of nitriles is 1. The zero-order chi connectivity index (χ0) is 16.6. The quantitative estimate of drug-likeness (QED) is 0.808. The molecule has 0 unspecified atom stereocenters. The molecule has 0 radical (unpaired) electrons. The van der Waals surface area contributed by atoms with E-state index in [0.717, 1.165) is 4.90 Å². The van der Waals surface area contributed by atoms with E-state index in [-0.39, 0.29) is 4.57 Å². The summed E-state index contributed by atoms with van der Waals surface area (Å²) in [4.78, 5) is 13.1. The van der Waals surface area contributed by atoms with Crippen LogP contribution in [0.5, 0.6) is 0 Å². The highest BCUT2D eigenvalue weighted by molar-refractivity contribution is 5.42. The van der Waals surface area contributed by atoms with Crippen LogP contribution in [0.1, 0.15) is 12.1 Å². The molecule has 0 atom stereocenters. The summed E-state index contributed by atoms with van der Waals surface area (Å²) in [5.74, 6) is -2.66. The number of hydrogen-bond donors (Lipinski definition) is 0. The summed E-state index contributed by atoms with van der Waals surface area (Å²) in [5.41, 5.74) is -2.57. The van der Waals surface area contributed by atoms with Gasteiger partial charge in [0.25, 0.3) is 0 Å². The van der Waals surface area contributed by atoms with Gasteiger partial charge in [0.1, 0.15) is 17.6 Å².